The molecule has 19 heavy (non-hydrogen) atoms. The Hall–Kier alpha value is -0.130. The Bertz CT molecular complexity index is 446. The van der Waals surface area contributed by atoms with Crippen LogP contribution in [0, 0.1) is 0 Å². The van der Waals surface area contributed by atoms with Crippen LogP contribution >= 0.6 is 31.9 Å². The second kappa shape index (κ2) is 6.10. The molecule has 2 fully saturated rings. The van der Waals surface area contributed by atoms with Gasteiger partial charge in [-0.1, -0.05) is 6.42 Å². The van der Waals surface area contributed by atoms with Gasteiger partial charge < -0.3 is 4.90 Å². The topological polar surface area (TPSA) is 19.4 Å². The minimum absolute atomic E-state index is 0.720. The van der Waals surface area contributed by atoms with Crippen molar-refractivity contribution in [2.24, 2.45) is 0 Å². The number of halogens is 2. The zero-order valence-electron chi connectivity index (χ0n) is 11.0. The molecule has 3 rings (SSSR count). The van der Waals surface area contributed by atoms with Crippen molar-refractivity contribution in [1.29, 1.82) is 0 Å². The van der Waals surface area contributed by atoms with Gasteiger partial charge in [0, 0.05) is 29.8 Å². The third kappa shape index (κ3) is 3.14. The first-order chi connectivity index (χ1) is 9.24. The molecule has 3 nitrogen and oxygen atoms in total. The molecule has 2 saturated heterocycles. The SMILES string of the molecule is Brc1cnc(N2CCC(N3CCCCC3)C2)c(Br)c1. The molecule has 5 heteroatoms. The summed E-state index contributed by atoms with van der Waals surface area (Å²) in [5.74, 6) is 1.09. The molecule has 1 atom stereocenters. The van der Waals surface area contributed by atoms with Crippen molar-refractivity contribution in [3.8, 4) is 0 Å². The van der Waals surface area contributed by atoms with Crippen LogP contribution in [-0.2, 0) is 0 Å². The number of nitrogens with zero attached hydrogens (tertiary/aromatic N) is 3. The molecule has 0 aromatic carbocycles. The summed E-state index contributed by atoms with van der Waals surface area (Å²) in [6.07, 6.45) is 7.30. The van der Waals surface area contributed by atoms with Gasteiger partial charge >= 0.3 is 0 Å². The van der Waals surface area contributed by atoms with Crippen LogP contribution in [0.4, 0.5) is 5.82 Å². The standard InChI is InChI=1S/C14H19Br2N3/c15-11-8-13(16)14(17-9-11)19-7-4-12(10-19)18-5-2-1-3-6-18/h8-9,12H,1-7,10H2. The van der Waals surface area contributed by atoms with Gasteiger partial charge in [0.2, 0.25) is 0 Å². The third-order valence-corrected chi connectivity index (χ3v) is 5.18. The smallest absolute Gasteiger partial charge is 0.142 e. The van der Waals surface area contributed by atoms with Gasteiger partial charge in [0.15, 0.2) is 0 Å². The zero-order valence-corrected chi connectivity index (χ0v) is 14.2. The van der Waals surface area contributed by atoms with E-state index in [9.17, 15) is 0 Å². The minimum Gasteiger partial charge on any atom is -0.354 e. The fraction of sp³-hybridized carbons (Fsp3) is 0.643. The summed E-state index contributed by atoms with van der Waals surface area (Å²) < 4.78 is 2.11. The quantitative estimate of drug-likeness (QED) is 0.770. The van der Waals surface area contributed by atoms with E-state index in [0.29, 0.717) is 0 Å². The molecule has 2 aliphatic heterocycles. The summed E-state index contributed by atoms with van der Waals surface area (Å²) in [6, 6.07) is 2.80. The predicted molar refractivity (Wildman–Crippen MR) is 85.7 cm³/mol. The number of likely N-dealkylation sites (tertiary alicyclic amines) is 1. The van der Waals surface area contributed by atoms with Crippen molar-refractivity contribution < 1.29 is 0 Å². The molecule has 3 heterocycles. The third-order valence-electron chi connectivity index (χ3n) is 4.16. The van der Waals surface area contributed by atoms with E-state index in [4.69, 9.17) is 0 Å². The molecule has 0 saturated carbocycles. The number of hydrogen-bond acceptors (Lipinski definition) is 3. The van der Waals surface area contributed by atoms with E-state index in [1.807, 2.05) is 6.20 Å². The van der Waals surface area contributed by atoms with Crippen molar-refractivity contribution in [3.05, 3.63) is 21.2 Å². The normalized spacial score (nSPS) is 24.9. The molecule has 0 amide bonds. The van der Waals surface area contributed by atoms with Crippen molar-refractivity contribution in [3.63, 3.8) is 0 Å². The minimum atomic E-state index is 0.720. The molecule has 1 aromatic rings. The van der Waals surface area contributed by atoms with E-state index in [2.05, 4.69) is 52.7 Å². The van der Waals surface area contributed by atoms with Crippen LogP contribution in [0.25, 0.3) is 0 Å². The Labute approximate surface area is 131 Å². The first kappa shape index (κ1) is 13.8. The summed E-state index contributed by atoms with van der Waals surface area (Å²) in [5, 5.41) is 0. The monoisotopic (exact) mass is 387 g/mol. The Morgan fingerprint density at radius 1 is 1.11 bits per heavy atom. The number of piperidine rings is 1. The fourth-order valence-electron chi connectivity index (χ4n) is 3.16. The lowest BCUT2D eigenvalue weighted by Crippen LogP contribution is -2.41. The highest BCUT2D eigenvalue weighted by Gasteiger charge is 2.29. The summed E-state index contributed by atoms with van der Waals surface area (Å²) >= 11 is 7.09. The van der Waals surface area contributed by atoms with E-state index >= 15 is 0 Å². The van der Waals surface area contributed by atoms with Crippen molar-refractivity contribution in [1.82, 2.24) is 9.88 Å². The summed E-state index contributed by atoms with van der Waals surface area (Å²) in [7, 11) is 0. The predicted octanol–water partition coefficient (Wildman–Crippen LogP) is 3.67. The van der Waals surface area contributed by atoms with Gasteiger partial charge in [-0.3, -0.25) is 4.90 Å². The fourth-order valence-corrected chi connectivity index (χ4v) is 4.39. The summed E-state index contributed by atoms with van der Waals surface area (Å²) in [6.45, 7) is 4.81. The maximum absolute atomic E-state index is 4.55. The Balaban J connectivity index is 1.67. The highest BCUT2D eigenvalue weighted by molar-refractivity contribution is 9.11. The van der Waals surface area contributed by atoms with Crippen LogP contribution in [0.15, 0.2) is 21.2 Å². The molecule has 0 spiro atoms. The van der Waals surface area contributed by atoms with Gasteiger partial charge in [-0.05, 0) is 70.3 Å². The van der Waals surface area contributed by atoms with Gasteiger partial charge in [0.25, 0.3) is 0 Å². The lowest BCUT2D eigenvalue weighted by atomic mass is 10.1. The largest absolute Gasteiger partial charge is 0.354 e. The summed E-state index contributed by atoms with van der Waals surface area (Å²) in [5.41, 5.74) is 0. The molecule has 0 bridgehead atoms. The number of hydrogen-bond donors (Lipinski definition) is 0. The molecular weight excluding hydrogens is 370 g/mol. The number of anilines is 1. The number of aromatic nitrogens is 1. The molecule has 2 aliphatic rings. The van der Waals surface area contributed by atoms with Gasteiger partial charge in [-0.25, -0.2) is 4.98 Å². The van der Waals surface area contributed by atoms with Gasteiger partial charge in [0.05, 0.1) is 4.47 Å². The first-order valence-corrected chi connectivity index (χ1v) is 8.63. The first-order valence-electron chi connectivity index (χ1n) is 7.04. The average molecular weight is 389 g/mol. The van der Waals surface area contributed by atoms with Gasteiger partial charge in [0.1, 0.15) is 5.82 Å². The molecule has 0 N–H and O–H groups in total. The lowest BCUT2D eigenvalue weighted by Gasteiger charge is -2.32. The molecule has 104 valence electrons. The van der Waals surface area contributed by atoms with Crippen molar-refractivity contribution in [2.45, 2.75) is 31.7 Å². The Morgan fingerprint density at radius 3 is 2.63 bits per heavy atom. The van der Waals surface area contributed by atoms with Crippen LogP contribution in [0.3, 0.4) is 0 Å². The zero-order chi connectivity index (χ0) is 13.2. The highest BCUT2D eigenvalue weighted by Crippen LogP contribution is 2.30. The van der Waals surface area contributed by atoms with Crippen LogP contribution in [0.1, 0.15) is 25.7 Å². The Morgan fingerprint density at radius 2 is 1.89 bits per heavy atom. The van der Waals surface area contributed by atoms with Crippen molar-refractivity contribution >= 4 is 37.7 Å². The molecular formula is C14H19Br2N3. The van der Waals surface area contributed by atoms with E-state index in [0.717, 1.165) is 33.9 Å². The molecule has 1 aromatic heterocycles. The van der Waals surface area contributed by atoms with Crippen LogP contribution < -0.4 is 4.90 Å². The Kier molecular flexibility index (Phi) is 4.44. The average Bonchev–Trinajstić information content (AvgIpc) is 2.89. The second-order valence-corrected chi connectivity index (χ2v) is 7.21. The molecule has 0 radical (unpaired) electrons. The van der Waals surface area contributed by atoms with E-state index in [1.54, 1.807) is 0 Å². The van der Waals surface area contributed by atoms with Gasteiger partial charge in [-0.15, -0.1) is 0 Å². The maximum atomic E-state index is 4.55. The molecule has 1 unspecified atom stereocenters. The second-order valence-electron chi connectivity index (χ2n) is 5.44. The van der Waals surface area contributed by atoms with E-state index in [1.165, 1.54) is 38.8 Å². The van der Waals surface area contributed by atoms with E-state index in [-0.39, 0.29) is 0 Å². The van der Waals surface area contributed by atoms with Crippen molar-refractivity contribution in [2.75, 3.05) is 31.1 Å². The lowest BCUT2D eigenvalue weighted by molar-refractivity contribution is 0.175. The van der Waals surface area contributed by atoms with Crippen LogP contribution in [-0.4, -0.2) is 42.1 Å². The molecule has 0 aliphatic carbocycles. The maximum Gasteiger partial charge on any atom is 0.142 e. The number of rotatable bonds is 2. The van der Waals surface area contributed by atoms with Crippen LogP contribution in [0.5, 0.6) is 0 Å². The van der Waals surface area contributed by atoms with Crippen LogP contribution in [0.2, 0.25) is 0 Å². The highest BCUT2D eigenvalue weighted by atomic mass is 79.9. The summed E-state index contributed by atoms with van der Waals surface area (Å²) in [4.78, 5) is 9.64. The number of pyridine rings is 1. The van der Waals surface area contributed by atoms with E-state index < -0.39 is 0 Å². The van der Waals surface area contributed by atoms with Gasteiger partial charge in [-0.2, -0.15) is 0 Å².